The molecular formula is C38H49N7O7. The molecule has 6 amide bonds. The molecule has 14 nitrogen and oxygen atoms in total. The van der Waals surface area contributed by atoms with Crippen molar-refractivity contribution in [2.45, 2.75) is 95.6 Å². The number of amides is 6. The smallest absolute Gasteiger partial charge is 0.245 e. The summed E-state index contributed by atoms with van der Waals surface area (Å²) in [6.07, 6.45) is 1.60. The second-order valence-electron chi connectivity index (χ2n) is 14.2. The third kappa shape index (κ3) is 9.75. The van der Waals surface area contributed by atoms with Gasteiger partial charge in [-0.15, -0.1) is 0 Å². The lowest BCUT2D eigenvalue weighted by molar-refractivity contribution is -0.141. The molecule has 2 aliphatic rings. The third-order valence-electron chi connectivity index (χ3n) is 9.50. The van der Waals surface area contributed by atoms with Crippen molar-refractivity contribution in [3.8, 4) is 0 Å². The van der Waals surface area contributed by atoms with E-state index in [0.717, 1.165) is 22.0 Å². The van der Waals surface area contributed by atoms with Crippen LogP contribution in [0.2, 0.25) is 0 Å². The Labute approximate surface area is 302 Å². The van der Waals surface area contributed by atoms with Gasteiger partial charge in [-0.2, -0.15) is 0 Å². The van der Waals surface area contributed by atoms with Crippen molar-refractivity contribution in [3.05, 3.63) is 71.9 Å². The number of para-hydroxylation sites is 1. The molecule has 1 aromatic heterocycles. The number of carbonyl (C=O) groups is 6. The summed E-state index contributed by atoms with van der Waals surface area (Å²) >= 11 is 0. The van der Waals surface area contributed by atoms with Crippen LogP contribution in [0.5, 0.6) is 0 Å². The SMILES string of the molecule is CC(C)C[C@@H]1NC(=O)[C@@H](Cc2ccccc2)NC(=O)[C@@H](NC(=O)Cc2c[nH]c3ccccc23)CCCNC(=O)[C@@H]2C[C@@H](O)CN2C(=O)[C@H](C)NC1=O. The fourth-order valence-electron chi connectivity index (χ4n) is 6.84. The van der Waals surface area contributed by atoms with Crippen LogP contribution in [0.1, 0.15) is 57.6 Å². The van der Waals surface area contributed by atoms with E-state index < -0.39 is 71.8 Å². The maximum Gasteiger partial charge on any atom is 0.245 e. The lowest BCUT2D eigenvalue weighted by atomic mass is 10.00. The van der Waals surface area contributed by atoms with Gasteiger partial charge in [-0.3, -0.25) is 28.8 Å². The van der Waals surface area contributed by atoms with Crippen LogP contribution >= 0.6 is 0 Å². The number of fused-ring (bicyclic) bond motifs is 2. The zero-order valence-electron chi connectivity index (χ0n) is 29.8. The van der Waals surface area contributed by atoms with Crippen LogP contribution in [-0.4, -0.2) is 99.8 Å². The summed E-state index contributed by atoms with van der Waals surface area (Å²) in [5, 5.41) is 25.2. The molecule has 0 aliphatic carbocycles. The highest BCUT2D eigenvalue weighted by atomic mass is 16.3. The average Bonchev–Trinajstić information content (AvgIpc) is 3.71. The van der Waals surface area contributed by atoms with Crippen molar-refractivity contribution < 1.29 is 33.9 Å². The van der Waals surface area contributed by atoms with E-state index in [4.69, 9.17) is 0 Å². The normalized spacial score (nSPS) is 25.4. The maximum absolute atomic E-state index is 14.0. The minimum atomic E-state index is -1.12. The van der Waals surface area contributed by atoms with E-state index in [1.165, 1.54) is 11.8 Å². The molecule has 278 valence electrons. The summed E-state index contributed by atoms with van der Waals surface area (Å²) in [7, 11) is 0. The van der Waals surface area contributed by atoms with E-state index in [0.29, 0.717) is 0 Å². The minimum Gasteiger partial charge on any atom is -0.391 e. The van der Waals surface area contributed by atoms with E-state index in [9.17, 15) is 33.9 Å². The number of aliphatic hydroxyl groups is 1. The molecule has 5 rings (SSSR count). The second-order valence-corrected chi connectivity index (χ2v) is 14.2. The molecule has 0 bridgehead atoms. The number of aromatic amines is 1. The molecule has 3 aromatic rings. The number of hydrogen-bond donors (Lipinski definition) is 7. The lowest BCUT2D eigenvalue weighted by Crippen LogP contribution is -2.59. The van der Waals surface area contributed by atoms with E-state index in [-0.39, 0.29) is 57.5 Å². The Morgan fingerprint density at radius 2 is 1.60 bits per heavy atom. The molecule has 0 spiro atoms. The first kappa shape index (κ1) is 38.0. The summed E-state index contributed by atoms with van der Waals surface area (Å²) in [6, 6.07) is 11.4. The fourth-order valence-corrected chi connectivity index (χ4v) is 6.84. The Kier molecular flexibility index (Phi) is 12.7. The molecule has 6 atom stereocenters. The monoisotopic (exact) mass is 715 g/mol. The number of benzene rings is 2. The lowest BCUT2D eigenvalue weighted by Gasteiger charge is -2.29. The molecule has 52 heavy (non-hydrogen) atoms. The highest BCUT2D eigenvalue weighted by Gasteiger charge is 2.41. The molecule has 0 unspecified atom stereocenters. The molecule has 0 radical (unpaired) electrons. The minimum absolute atomic E-state index is 0.00323. The molecular weight excluding hydrogens is 666 g/mol. The summed E-state index contributed by atoms with van der Waals surface area (Å²) < 4.78 is 0. The third-order valence-corrected chi connectivity index (χ3v) is 9.50. The number of carbonyl (C=O) groups excluding carboxylic acids is 6. The van der Waals surface area contributed by atoms with Crippen LogP contribution in [0.4, 0.5) is 0 Å². The molecule has 3 heterocycles. The predicted molar refractivity (Wildman–Crippen MR) is 193 cm³/mol. The van der Waals surface area contributed by atoms with Gasteiger partial charge in [0.1, 0.15) is 30.2 Å². The van der Waals surface area contributed by atoms with Crippen molar-refractivity contribution in [3.63, 3.8) is 0 Å². The summed E-state index contributed by atoms with van der Waals surface area (Å²) in [5.74, 6) is -3.23. The second kappa shape index (κ2) is 17.3. The number of nitrogens with one attached hydrogen (secondary N) is 6. The van der Waals surface area contributed by atoms with Crippen LogP contribution in [0.15, 0.2) is 60.8 Å². The van der Waals surface area contributed by atoms with Crippen molar-refractivity contribution in [2.24, 2.45) is 5.92 Å². The zero-order chi connectivity index (χ0) is 37.4. The van der Waals surface area contributed by atoms with E-state index >= 15 is 0 Å². The van der Waals surface area contributed by atoms with Crippen molar-refractivity contribution in [2.75, 3.05) is 13.1 Å². The van der Waals surface area contributed by atoms with Gasteiger partial charge in [-0.05, 0) is 49.3 Å². The number of aliphatic hydroxyl groups excluding tert-OH is 1. The standard InChI is InChI=1S/C38H49N7O7/c1-22(2)16-30-35(49)41-23(3)38(52)45-21-26(46)19-32(45)37(51)39-15-9-14-29(42-33(47)18-25-20-40-28-13-8-7-12-27(25)28)34(48)44-31(36(50)43-30)17-24-10-5-4-6-11-24/h4-8,10-13,20,22-23,26,29-32,40,46H,9,14-19,21H2,1-3H3,(H,39,51)(H,41,49)(H,42,47)(H,43,50)(H,44,48)/t23-,26+,29-,30-,31+,32-/m0/s1. The number of nitrogens with zero attached hydrogens (tertiary/aromatic N) is 1. The predicted octanol–water partition coefficient (Wildman–Crippen LogP) is 0.830. The van der Waals surface area contributed by atoms with Gasteiger partial charge in [-0.25, -0.2) is 0 Å². The number of H-pyrrole nitrogens is 1. The average molecular weight is 716 g/mol. The van der Waals surface area contributed by atoms with Gasteiger partial charge in [-0.1, -0.05) is 62.4 Å². The largest absolute Gasteiger partial charge is 0.391 e. The van der Waals surface area contributed by atoms with Gasteiger partial charge in [0.05, 0.1) is 12.5 Å². The van der Waals surface area contributed by atoms with Gasteiger partial charge in [0.15, 0.2) is 0 Å². The number of hydrogen-bond acceptors (Lipinski definition) is 7. The molecule has 2 aliphatic heterocycles. The first-order chi connectivity index (χ1) is 24.9. The molecule has 2 aromatic carbocycles. The molecule has 0 saturated carbocycles. The quantitative estimate of drug-likeness (QED) is 0.188. The highest BCUT2D eigenvalue weighted by molar-refractivity contribution is 5.97. The number of aromatic nitrogens is 1. The van der Waals surface area contributed by atoms with E-state index in [2.05, 4.69) is 31.6 Å². The maximum atomic E-state index is 14.0. The van der Waals surface area contributed by atoms with E-state index in [1.807, 2.05) is 68.4 Å². The van der Waals surface area contributed by atoms with Gasteiger partial charge in [0.25, 0.3) is 0 Å². The van der Waals surface area contributed by atoms with Gasteiger partial charge in [0, 0.05) is 43.0 Å². The molecule has 14 heteroatoms. The molecule has 2 fully saturated rings. The topological polar surface area (TPSA) is 202 Å². The van der Waals surface area contributed by atoms with Gasteiger partial charge in [0.2, 0.25) is 35.4 Å². The van der Waals surface area contributed by atoms with Gasteiger partial charge >= 0.3 is 0 Å². The Hall–Kier alpha value is -5.24. The van der Waals surface area contributed by atoms with Crippen LogP contribution in [-0.2, 0) is 41.6 Å². The first-order valence-electron chi connectivity index (χ1n) is 17.9. The van der Waals surface area contributed by atoms with E-state index in [1.54, 1.807) is 6.20 Å². The highest BCUT2D eigenvalue weighted by Crippen LogP contribution is 2.21. The van der Waals surface area contributed by atoms with Crippen LogP contribution in [0.3, 0.4) is 0 Å². The zero-order valence-corrected chi connectivity index (χ0v) is 29.8. The van der Waals surface area contributed by atoms with Crippen molar-refractivity contribution in [1.82, 2.24) is 36.5 Å². The summed E-state index contributed by atoms with van der Waals surface area (Å²) in [6.45, 7) is 5.32. The van der Waals surface area contributed by atoms with Gasteiger partial charge < -0.3 is 41.6 Å². The molecule has 7 N–H and O–H groups in total. The van der Waals surface area contributed by atoms with Crippen LogP contribution in [0.25, 0.3) is 10.9 Å². The molecule has 2 saturated heterocycles. The Morgan fingerprint density at radius 1 is 0.904 bits per heavy atom. The van der Waals surface area contributed by atoms with Crippen LogP contribution < -0.4 is 26.6 Å². The first-order valence-corrected chi connectivity index (χ1v) is 17.9. The van der Waals surface area contributed by atoms with Crippen molar-refractivity contribution >= 4 is 46.3 Å². The Bertz CT molecular complexity index is 1760. The summed E-state index contributed by atoms with van der Waals surface area (Å²) in [5.41, 5.74) is 2.39. The Morgan fingerprint density at radius 3 is 2.35 bits per heavy atom. The number of rotatable bonds is 7. The Balaban J connectivity index is 1.42. The fraction of sp³-hybridized carbons (Fsp3) is 0.474. The van der Waals surface area contributed by atoms with Crippen molar-refractivity contribution in [1.29, 1.82) is 0 Å². The summed E-state index contributed by atoms with van der Waals surface area (Å²) in [4.78, 5) is 86.2. The van der Waals surface area contributed by atoms with Crippen LogP contribution in [0, 0.1) is 5.92 Å².